The average Bonchev–Trinajstić information content (AvgIpc) is 2.76. The molecule has 6 nitrogen and oxygen atoms in total. The van der Waals surface area contributed by atoms with Crippen LogP contribution in [0.3, 0.4) is 0 Å². The van der Waals surface area contributed by atoms with E-state index < -0.39 is 0 Å². The normalized spacial score (nSPS) is 13.8. The smallest absolute Gasteiger partial charge is 0.257 e. The van der Waals surface area contributed by atoms with Crippen molar-refractivity contribution in [1.82, 2.24) is 14.5 Å². The van der Waals surface area contributed by atoms with E-state index in [0.717, 1.165) is 24.3 Å². The molecule has 3 aromatic rings. The van der Waals surface area contributed by atoms with Crippen molar-refractivity contribution < 1.29 is 4.79 Å². The molecular weight excluding hydrogens is 388 g/mol. The molecule has 0 saturated carbocycles. The van der Waals surface area contributed by atoms with Gasteiger partial charge in [0.1, 0.15) is 12.4 Å². The standard InChI is InChI=1S/C25H28N4O2/c1-18(2)24-27-22-16-28(15-19-9-5-3-6-10-19)14-13-21(22)25(31)29(24)17-23(30)26-20-11-7-4-8-12-20/h3-12,18H,13-17H2,1-2H3,(H,26,30). The van der Waals surface area contributed by atoms with Crippen molar-refractivity contribution in [2.75, 3.05) is 11.9 Å². The zero-order valence-electron chi connectivity index (χ0n) is 18.0. The molecule has 31 heavy (non-hydrogen) atoms. The van der Waals surface area contributed by atoms with Gasteiger partial charge in [-0.15, -0.1) is 0 Å². The number of para-hydroxylation sites is 1. The lowest BCUT2D eigenvalue weighted by Crippen LogP contribution is -2.40. The number of amides is 1. The van der Waals surface area contributed by atoms with Gasteiger partial charge in [-0.1, -0.05) is 62.4 Å². The van der Waals surface area contributed by atoms with Crippen LogP contribution in [0.5, 0.6) is 0 Å². The fourth-order valence-corrected chi connectivity index (χ4v) is 4.04. The van der Waals surface area contributed by atoms with Gasteiger partial charge in [0.15, 0.2) is 0 Å². The molecule has 2 aromatic carbocycles. The summed E-state index contributed by atoms with van der Waals surface area (Å²) < 4.78 is 1.55. The van der Waals surface area contributed by atoms with Crippen LogP contribution in [-0.4, -0.2) is 26.9 Å². The molecule has 0 aliphatic carbocycles. The molecule has 0 spiro atoms. The minimum Gasteiger partial charge on any atom is -0.325 e. The lowest BCUT2D eigenvalue weighted by molar-refractivity contribution is -0.116. The third-order valence-electron chi connectivity index (χ3n) is 5.55. The molecule has 6 heteroatoms. The van der Waals surface area contributed by atoms with Gasteiger partial charge in [0, 0.05) is 36.8 Å². The lowest BCUT2D eigenvalue weighted by atomic mass is 10.0. The van der Waals surface area contributed by atoms with Crippen LogP contribution >= 0.6 is 0 Å². The van der Waals surface area contributed by atoms with E-state index in [1.54, 1.807) is 4.57 Å². The van der Waals surface area contributed by atoms with Gasteiger partial charge in [0.2, 0.25) is 5.91 Å². The molecule has 0 saturated heterocycles. The largest absolute Gasteiger partial charge is 0.325 e. The highest BCUT2D eigenvalue weighted by Gasteiger charge is 2.25. The summed E-state index contributed by atoms with van der Waals surface area (Å²) in [6.45, 7) is 6.26. The third kappa shape index (κ3) is 4.91. The van der Waals surface area contributed by atoms with Crippen molar-refractivity contribution in [1.29, 1.82) is 0 Å². The van der Waals surface area contributed by atoms with Gasteiger partial charge < -0.3 is 5.32 Å². The van der Waals surface area contributed by atoms with Gasteiger partial charge in [0.05, 0.1) is 5.69 Å². The highest BCUT2D eigenvalue weighted by molar-refractivity contribution is 5.90. The van der Waals surface area contributed by atoms with E-state index in [1.165, 1.54) is 5.56 Å². The van der Waals surface area contributed by atoms with Crippen LogP contribution in [0.2, 0.25) is 0 Å². The fraction of sp³-hybridized carbons (Fsp3) is 0.320. The fourth-order valence-electron chi connectivity index (χ4n) is 4.04. The molecule has 1 amide bonds. The first kappa shape index (κ1) is 21.0. The quantitative estimate of drug-likeness (QED) is 0.667. The van der Waals surface area contributed by atoms with Crippen molar-refractivity contribution in [3.63, 3.8) is 0 Å². The minimum atomic E-state index is -0.224. The summed E-state index contributed by atoms with van der Waals surface area (Å²) in [7, 11) is 0. The van der Waals surface area contributed by atoms with E-state index in [0.29, 0.717) is 24.5 Å². The molecule has 1 aliphatic rings. The van der Waals surface area contributed by atoms with Gasteiger partial charge in [0.25, 0.3) is 5.56 Å². The number of benzene rings is 2. The third-order valence-corrected chi connectivity index (χ3v) is 5.55. The zero-order valence-corrected chi connectivity index (χ0v) is 18.0. The zero-order chi connectivity index (χ0) is 21.8. The Morgan fingerprint density at radius 2 is 1.74 bits per heavy atom. The summed E-state index contributed by atoms with van der Waals surface area (Å²) in [6.07, 6.45) is 0.646. The first-order valence-corrected chi connectivity index (χ1v) is 10.7. The van der Waals surface area contributed by atoms with Crippen LogP contribution in [-0.2, 0) is 30.8 Å². The number of nitrogens with zero attached hydrogens (tertiary/aromatic N) is 3. The Bertz CT molecular complexity index is 1110. The summed E-state index contributed by atoms with van der Waals surface area (Å²) >= 11 is 0. The Hall–Kier alpha value is -3.25. The Labute approximate surface area is 182 Å². The second kappa shape index (κ2) is 9.27. The molecule has 1 aromatic heterocycles. The number of carbonyl (C=O) groups excluding carboxylic acids is 1. The minimum absolute atomic E-state index is 0.0325. The number of anilines is 1. The van der Waals surface area contributed by atoms with Gasteiger partial charge in [-0.25, -0.2) is 4.98 Å². The molecule has 0 radical (unpaired) electrons. The monoisotopic (exact) mass is 416 g/mol. The van der Waals surface area contributed by atoms with Crippen LogP contribution in [0.1, 0.15) is 42.4 Å². The summed E-state index contributed by atoms with van der Waals surface area (Å²) in [5.74, 6) is 0.471. The first-order chi connectivity index (χ1) is 15.0. The van der Waals surface area contributed by atoms with Crippen molar-refractivity contribution in [3.8, 4) is 0 Å². The molecule has 160 valence electrons. The Morgan fingerprint density at radius 3 is 2.42 bits per heavy atom. The topological polar surface area (TPSA) is 67.2 Å². The summed E-state index contributed by atoms with van der Waals surface area (Å²) in [5.41, 5.74) is 3.46. The average molecular weight is 417 g/mol. The number of rotatable bonds is 6. The summed E-state index contributed by atoms with van der Waals surface area (Å²) in [6, 6.07) is 19.6. The lowest BCUT2D eigenvalue weighted by Gasteiger charge is -2.29. The van der Waals surface area contributed by atoms with E-state index in [1.807, 2.05) is 62.4 Å². The van der Waals surface area contributed by atoms with Crippen molar-refractivity contribution >= 4 is 11.6 Å². The van der Waals surface area contributed by atoms with Gasteiger partial charge in [-0.05, 0) is 24.1 Å². The second-order valence-electron chi connectivity index (χ2n) is 8.30. The van der Waals surface area contributed by atoms with Crippen LogP contribution in [0.25, 0.3) is 0 Å². The summed E-state index contributed by atoms with van der Waals surface area (Å²) in [5, 5.41) is 2.86. The first-order valence-electron chi connectivity index (χ1n) is 10.7. The summed E-state index contributed by atoms with van der Waals surface area (Å²) in [4.78, 5) is 33.1. The molecule has 0 atom stereocenters. The molecule has 2 heterocycles. The number of carbonyl (C=O) groups is 1. The maximum absolute atomic E-state index is 13.3. The maximum Gasteiger partial charge on any atom is 0.257 e. The molecule has 0 unspecified atom stereocenters. The van der Waals surface area contributed by atoms with Crippen LogP contribution in [0, 0.1) is 0 Å². The molecule has 0 fully saturated rings. The number of hydrogen-bond acceptors (Lipinski definition) is 4. The van der Waals surface area contributed by atoms with E-state index in [-0.39, 0.29) is 23.9 Å². The molecule has 1 aliphatic heterocycles. The predicted molar refractivity (Wildman–Crippen MR) is 122 cm³/mol. The van der Waals surface area contributed by atoms with E-state index in [2.05, 4.69) is 22.3 Å². The highest BCUT2D eigenvalue weighted by Crippen LogP contribution is 2.20. The maximum atomic E-state index is 13.3. The Kier molecular flexibility index (Phi) is 6.28. The number of nitrogens with one attached hydrogen (secondary N) is 1. The number of fused-ring (bicyclic) bond motifs is 1. The van der Waals surface area contributed by atoms with Gasteiger partial charge in [-0.2, -0.15) is 0 Å². The van der Waals surface area contributed by atoms with Crippen LogP contribution < -0.4 is 10.9 Å². The molecule has 4 rings (SSSR count). The van der Waals surface area contributed by atoms with E-state index in [4.69, 9.17) is 4.98 Å². The van der Waals surface area contributed by atoms with Gasteiger partial charge >= 0.3 is 0 Å². The van der Waals surface area contributed by atoms with Gasteiger partial charge in [-0.3, -0.25) is 19.1 Å². The SMILES string of the molecule is CC(C)c1nc2c(c(=O)n1CC(=O)Nc1ccccc1)CCN(Cc1ccccc1)C2. The molecular formula is C25H28N4O2. The van der Waals surface area contributed by atoms with Crippen LogP contribution in [0.4, 0.5) is 5.69 Å². The van der Waals surface area contributed by atoms with Crippen molar-refractivity contribution in [3.05, 3.63) is 93.7 Å². The molecule has 0 bridgehead atoms. The highest BCUT2D eigenvalue weighted by atomic mass is 16.2. The van der Waals surface area contributed by atoms with Crippen LogP contribution in [0.15, 0.2) is 65.5 Å². The Balaban J connectivity index is 1.57. The number of aromatic nitrogens is 2. The predicted octanol–water partition coefficient (Wildman–Crippen LogP) is 3.56. The molecule has 1 N–H and O–H groups in total. The Morgan fingerprint density at radius 1 is 1.06 bits per heavy atom. The van der Waals surface area contributed by atoms with E-state index in [9.17, 15) is 9.59 Å². The van der Waals surface area contributed by atoms with E-state index >= 15 is 0 Å². The van der Waals surface area contributed by atoms with Crippen molar-refractivity contribution in [2.45, 2.75) is 45.8 Å². The second-order valence-corrected chi connectivity index (χ2v) is 8.30. The van der Waals surface area contributed by atoms with Crippen molar-refractivity contribution in [2.24, 2.45) is 0 Å². The number of hydrogen-bond donors (Lipinski definition) is 1.